The van der Waals surface area contributed by atoms with Gasteiger partial charge in [0.2, 0.25) is 0 Å². The summed E-state index contributed by atoms with van der Waals surface area (Å²) in [5.41, 5.74) is -0.984. The quantitative estimate of drug-likeness (QED) is 0.766. The Bertz CT molecular complexity index is 871. The zero-order valence-corrected chi connectivity index (χ0v) is 15.3. The summed E-state index contributed by atoms with van der Waals surface area (Å²) in [5, 5.41) is 0. The Labute approximate surface area is 150 Å². The molecular formula is C14H12BrF3N2O4S. The van der Waals surface area contributed by atoms with Crippen molar-refractivity contribution >= 4 is 31.8 Å². The van der Waals surface area contributed by atoms with Crippen LogP contribution in [0.5, 0.6) is 11.5 Å². The molecule has 6 nitrogen and oxygen atoms in total. The molecule has 0 unspecified atom stereocenters. The Kier molecular flexibility index (Phi) is 5.47. The average Bonchev–Trinajstić information content (AvgIpc) is 2.53. The molecule has 1 aromatic heterocycles. The van der Waals surface area contributed by atoms with Gasteiger partial charge in [0, 0.05) is 16.7 Å². The fourth-order valence-corrected chi connectivity index (χ4v) is 3.90. The van der Waals surface area contributed by atoms with Crippen molar-refractivity contribution in [3.8, 4) is 11.5 Å². The number of hydrogen-bond acceptors (Lipinski definition) is 5. The van der Waals surface area contributed by atoms with Gasteiger partial charge in [0.1, 0.15) is 10.7 Å². The maximum atomic E-state index is 12.5. The van der Waals surface area contributed by atoms with Gasteiger partial charge in [-0.15, -0.1) is 0 Å². The van der Waals surface area contributed by atoms with E-state index in [2.05, 4.69) is 25.6 Å². The molecule has 1 N–H and O–H groups in total. The molecule has 0 aliphatic rings. The number of sulfonamides is 1. The number of aromatic nitrogens is 1. The number of methoxy groups -OCH3 is 2. The second-order valence-corrected chi connectivity index (χ2v) is 7.18. The van der Waals surface area contributed by atoms with Crippen LogP contribution in [0, 0.1) is 0 Å². The van der Waals surface area contributed by atoms with Crippen LogP contribution in [0.25, 0.3) is 0 Å². The lowest BCUT2D eigenvalue weighted by molar-refractivity contribution is -0.137. The van der Waals surface area contributed by atoms with Crippen molar-refractivity contribution in [3.63, 3.8) is 0 Å². The predicted octanol–water partition coefficient (Wildman–Crippen LogP) is 3.68. The van der Waals surface area contributed by atoms with Gasteiger partial charge in [0.05, 0.1) is 19.8 Å². The molecule has 0 saturated carbocycles. The second-order valence-electron chi connectivity index (χ2n) is 4.67. The Hall–Kier alpha value is -2.01. The minimum absolute atomic E-state index is 0.173. The highest BCUT2D eigenvalue weighted by Crippen LogP contribution is 2.36. The first-order chi connectivity index (χ1) is 11.6. The van der Waals surface area contributed by atoms with Gasteiger partial charge in [0.15, 0.2) is 11.5 Å². The monoisotopic (exact) mass is 440 g/mol. The molecule has 0 radical (unpaired) electrons. The summed E-state index contributed by atoms with van der Waals surface area (Å²) in [7, 11) is -1.39. The van der Waals surface area contributed by atoms with E-state index in [0.29, 0.717) is 11.9 Å². The summed E-state index contributed by atoms with van der Waals surface area (Å²) >= 11 is 3.11. The molecule has 25 heavy (non-hydrogen) atoms. The van der Waals surface area contributed by atoms with Gasteiger partial charge in [-0.25, -0.2) is 13.4 Å². The van der Waals surface area contributed by atoms with Crippen molar-refractivity contribution in [3.05, 3.63) is 40.5 Å². The van der Waals surface area contributed by atoms with Gasteiger partial charge in [-0.3, -0.25) is 4.72 Å². The van der Waals surface area contributed by atoms with Crippen molar-refractivity contribution < 1.29 is 31.1 Å². The lowest BCUT2D eigenvalue weighted by Gasteiger charge is -2.13. The zero-order chi connectivity index (χ0) is 18.8. The van der Waals surface area contributed by atoms with Crippen LogP contribution in [-0.2, 0) is 16.2 Å². The first-order valence-corrected chi connectivity index (χ1v) is 8.83. The summed E-state index contributed by atoms with van der Waals surface area (Å²) < 4.78 is 74.9. The van der Waals surface area contributed by atoms with Gasteiger partial charge in [-0.05, 0) is 34.1 Å². The normalized spacial score (nSPS) is 11.9. The highest BCUT2D eigenvalue weighted by Gasteiger charge is 2.31. The van der Waals surface area contributed by atoms with Crippen molar-refractivity contribution in [1.82, 2.24) is 4.98 Å². The molecular weight excluding hydrogens is 429 g/mol. The molecule has 0 spiro atoms. The van der Waals surface area contributed by atoms with Crippen LogP contribution in [0.4, 0.5) is 19.0 Å². The van der Waals surface area contributed by atoms with E-state index in [1.165, 1.54) is 26.4 Å². The summed E-state index contributed by atoms with van der Waals surface area (Å²) in [4.78, 5) is 3.29. The Morgan fingerprint density at radius 2 is 1.72 bits per heavy atom. The molecule has 1 aromatic carbocycles. The fraction of sp³-hybridized carbons (Fsp3) is 0.214. The molecule has 0 atom stereocenters. The SMILES string of the molecule is COc1cc(Br)c(S(=O)(=O)Nc2ccc(C(F)(F)F)cn2)cc1OC. The van der Waals surface area contributed by atoms with Gasteiger partial charge in [0.25, 0.3) is 10.0 Å². The van der Waals surface area contributed by atoms with E-state index < -0.39 is 21.8 Å². The fourth-order valence-electron chi connectivity index (χ4n) is 1.86. The lowest BCUT2D eigenvalue weighted by Crippen LogP contribution is -2.15. The van der Waals surface area contributed by atoms with E-state index in [0.717, 1.165) is 12.1 Å². The Balaban J connectivity index is 2.36. The summed E-state index contributed by atoms with van der Waals surface area (Å²) in [6.07, 6.45) is -4.02. The van der Waals surface area contributed by atoms with Gasteiger partial charge in [-0.2, -0.15) is 13.2 Å². The molecule has 0 fully saturated rings. The smallest absolute Gasteiger partial charge is 0.417 e. The van der Waals surface area contributed by atoms with E-state index in [1.54, 1.807) is 0 Å². The van der Waals surface area contributed by atoms with Crippen molar-refractivity contribution in [2.45, 2.75) is 11.1 Å². The molecule has 0 bridgehead atoms. The summed E-state index contributed by atoms with van der Waals surface area (Å²) in [6, 6.07) is 4.27. The Morgan fingerprint density at radius 3 is 2.20 bits per heavy atom. The van der Waals surface area contributed by atoms with Crippen molar-refractivity contribution in [1.29, 1.82) is 0 Å². The average molecular weight is 441 g/mol. The number of nitrogens with zero attached hydrogens (tertiary/aromatic N) is 1. The van der Waals surface area contributed by atoms with E-state index in [4.69, 9.17) is 9.47 Å². The topological polar surface area (TPSA) is 77.5 Å². The summed E-state index contributed by atoms with van der Waals surface area (Å²) in [6.45, 7) is 0. The number of rotatable bonds is 5. The lowest BCUT2D eigenvalue weighted by atomic mass is 10.3. The maximum Gasteiger partial charge on any atom is 0.417 e. The molecule has 11 heteroatoms. The van der Waals surface area contributed by atoms with Crippen LogP contribution in [-0.4, -0.2) is 27.6 Å². The van der Waals surface area contributed by atoms with Crippen molar-refractivity contribution in [2.75, 3.05) is 18.9 Å². The van der Waals surface area contributed by atoms with Gasteiger partial charge >= 0.3 is 6.18 Å². The first kappa shape index (κ1) is 19.3. The molecule has 0 amide bonds. The number of ether oxygens (including phenoxy) is 2. The number of benzene rings is 1. The third-order valence-electron chi connectivity index (χ3n) is 3.06. The third-order valence-corrected chi connectivity index (χ3v) is 5.37. The highest BCUT2D eigenvalue weighted by atomic mass is 79.9. The molecule has 2 rings (SSSR count). The number of alkyl halides is 3. The van der Waals surface area contributed by atoms with E-state index in [1.807, 2.05) is 0 Å². The van der Waals surface area contributed by atoms with Crippen LogP contribution >= 0.6 is 15.9 Å². The number of nitrogens with one attached hydrogen (secondary N) is 1. The minimum atomic E-state index is -4.56. The largest absolute Gasteiger partial charge is 0.493 e. The molecule has 1 heterocycles. The van der Waals surface area contributed by atoms with Gasteiger partial charge in [-0.1, -0.05) is 0 Å². The number of anilines is 1. The first-order valence-electron chi connectivity index (χ1n) is 6.56. The Morgan fingerprint density at radius 1 is 1.12 bits per heavy atom. The number of hydrogen-bond donors (Lipinski definition) is 1. The second kappa shape index (κ2) is 7.08. The summed E-state index contributed by atoms with van der Waals surface area (Å²) in [5.74, 6) is 0.224. The van der Waals surface area contributed by atoms with E-state index in [9.17, 15) is 21.6 Å². The molecule has 0 aliphatic heterocycles. The third kappa shape index (κ3) is 4.34. The molecule has 0 aliphatic carbocycles. The van der Waals surface area contributed by atoms with Crippen molar-refractivity contribution in [2.24, 2.45) is 0 Å². The van der Waals surface area contributed by atoms with Crippen LogP contribution in [0.15, 0.2) is 39.8 Å². The van der Waals surface area contributed by atoms with Crippen LogP contribution in [0.2, 0.25) is 0 Å². The van der Waals surface area contributed by atoms with Crippen LogP contribution in [0.1, 0.15) is 5.56 Å². The van der Waals surface area contributed by atoms with Crippen LogP contribution < -0.4 is 14.2 Å². The predicted molar refractivity (Wildman–Crippen MR) is 87.3 cm³/mol. The van der Waals surface area contributed by atoms with E-state index in [-0.39, 0.29) is 20.9 Å². The van der Waals surface area contributed by atoms with Crippen LogP contribution in [0.3, 0.4) is 0 Å². The molecule has 2 aromatic rings. The van der Waals surface area contributed by atoms with E-state index >= 15 is 0 Å². The standard InChI is InChI=1S/C14H12BrF3N2O4S/c1-23-10-5-9(15)12(6-11(10)24-2)25(21,22)20-13-4-3-8(7-19-13)14(16,17)18/h3-7H,1-2H3,(H,19,20). The maximum absolute atomic E-state index is 12.5. The number of pyridine rings is 1. The molecule has 0 saturated heterocycles. The van der Waals surface area contributed by atoms with Gasteiger partial charge < -0.3 is 9.47 Å². The zero-order valence-electron chi connectivity index (χ0n) is 12.9. The molecule has 136 valence electrons. The number of halogens is 4. The minimum Gasteiger partial charge on any atom is -0.493 e. The highest BCUT2D eigenvalue weighted by molar-refractivity contribution is 9.10.